The summed E-state index contributed by atoms with van der Waals surface area (Å²) >= 11 is 0. The summed E-state index contributed by atoms with van der Waals surface area (Å²) in [6.07, 6.45) is -2.87. The van der Waals surface area contributed by atoms with Gasteiger partial charge in [0, 0.05) is 54.7 Å². The standard InChI is InChI=1S/C32H25F4N3O3/c33-25-11-5-9-23(15-25)27(17-31(40)37-18-22-8-4-10-24(14-22)32(34,35)36)29-20-38(19-21-6-2-1-3-7-21)30-13-12-26(39(41)42)16-28(29)30/h1-16,20,27H,17-19H2,(H,37,40)/t27-/m0/s1. The maximum Gasteiger partial charge on any atom is 0.416 e. The predicted octanol–water partition coefficient (Wildman–Crippen LogP) is 7.59. The lowest BCUT2D eigenvalue weighted by Gasteiger charge is -2.18. The molecule has 0 fully saturated rings. The lowest BCUT2D eigenvalue weighted by atomic mass is 9.87. The van der Waals surface area contributed by atoms with Gasteiger partial charge in [0.05, 0.1) is 10.5 Å². The van der Waals surface area contributed by atoms with Crippen molar-refractivity contribution in [1.82, 2.24) is 9.88 Å². The third-order valence-corrected chi connectivity index (χ3v) is 7.06. The highest BCUT2D eigenvalue weighted by Gasteiger charge is 2.30. The molecule has 0 aliphatic heterocycles. The molecule has 0 unspecified atom stereocenters. The SMILES string of the molecule is O=C(C[C@@H](c1cccc(F)c1)c1cn(Cc2ccccc2)c2ccc([N+](=O)[O-])cc12)NCc1cccc(C(F)(F)F)c1. The van der Waals surface area contributed by atoms with Crippen LogP contribution >= 0.6 is 0 Å². The molecule has 1 N–H and O–H groups in total. The van der Waals surface area contributed by atoms with Crippen LogP contribution in [0.2, 0.25) is 0 Å². The second kappa shape index (κ2) is 11.9. The maximum absolute atomic E-state index is 14.4. The summed E-state index contributed by atoms with van der Waals surface area (Å²) in [4.78, 5) is 24.3. The van der Waals surface area contributed by atoms with Crippen molar-refractivity contribution in [2.45, 2.75) is 31.6 Å². The van der Waals surface area contributed by atoms with Crippen molar-refractivity contribution in [2.75, 3.05) is 0 Å². The van der Waals surface area contributed by atoms with Gasteiger partial charge in [0.1, 0.15) is 5.82 Å². The van der Waals surface area contributed by atoms with Gasteiger partial charge in [-0.25, -0.2) is 4.39 Å². The van der Waals surface area contributed by atoms with E-state index in [-0.39, 0.29) is 24.2 Å². The van der Waals surface area contributed by atoms with Gasteiger partial charge in [-0.15, -0.1) is 0 Å². The molecule has 1 heterocycles. The molecule has 6 nitrogen and oxygen atoms in total. The van der Waals surface area contributed by atoms with Gasteiger partial charge >= 0.3 is 6.18 Å². The number of nitro benzene ring substituents is 1. The first-order chi connectivity index (χ1) is 20.1. The highest BCUT2D eigenvalue weighted by molar-refractivity contribution is 5.88. The molecular weight excluding hydrogens is 550 g/mol. The first-order valence-electron chi connectivity index (χ1n) is 13.1. The summed E-state index contributed by atoms with van der Waals surface area (Å²) in [5.41, 5.74) is 2.08. The molecule has 0 saturated carbocycles. The zero-order chi connectivity index (χ0) is 29.9. The third-order valence-electron chi connectivity index (χ3n) is 7.06. The number of nitrogens with one attached hydrogen (secondary N) is 1. The van der Waals surface area contributed by atoms with Crippen molar-refractivity contribution in [2.24, 2.45) is 0 Å². The van der Waals surface area contributed by atoms with Crippen LogP contribution in [0.4, 0.5) is 23.2 Å². The number of nitrogens with zero attached hydrogens (tertiary/aromatic N) is 2. The first kappa shape index (κ1) is 28.5. The Labute approximate surface area is 238 Å². The minimum atomic E-state index is -4.51. The van der Waals surface area contributed by atoms with Crippen LogP contribution in [0.3, 0.4) is 0 Å². The van der Waals surface area contributed by atoms with Crippen LogP contribution in [-0.4, -0.2) is 15.4 Å². The Hall–Kier alpha value is -4.99. The van der Waals surface area contributed by atoms with Gasteiger partial charge in [0.25, 0.3) is 5.69 Å². The average molecular weight is 576 g/mol. The van der Waals surface area contributed by atoms with Gasteiger partial charge in [-0.1, -0.05) is 54.6 Å². The van der Waals surface area contributed by atoms with Crippen molar-refractivity contribution in [3.05, 3.63) is 147 Å². The molecule has 1 amide bonds. The topological polar surface area (TPSA) is 77.2 Å². The van der Waals surface area contributed by atoms with Crippen LogP contribution in [0.5, 0.6) is 0 Å². The highest BCUT2D eigenvalue weighted by Crippen LogP contribution is 2.37. The molecule has 0 aliphatic rings. The maximum atomic E-state index is 14.4. The van der Waals surface area contributed by atoms with E-state index in [1.807, 2.05) is 41.1 Å². The Morgan fingerprint density at radius 2 is 1.64 bits per heavy atom. The number of fused-ring (bicyclic) bond motifs is 1. The number of halogens is 4. The van der Waals surface area contributed by atoms with Crippen molar-refractivity contribution in [1.29, 1.82) is 0 Å². The number of carbonyl (C=O) groups is 1. The lowest BCUT2D eigenvalue weighted by molar-refractivity contribution is -0.384. The van der Waals surface area contributed by atoms with Crippen molar-refractivity contribution < 1.29 is 27.3 Å². The second-order valence-electron chi connectivity index (χ2n) is 9.94. The van der Waals surface area contributed by atoms with Gasteiger partial charge < -0.3 is 9.88 Å². The summed E-state index contributed by atoms with van der Waals surface area (Å²) in [5, 5.41) is 14.8. The number of aromatic nitrogens is 1. The van der Waals surface area contributed by atoms with Crippen LogP contribution in [-0.2, 0) is 24.1 Å². The number of hydrogen-bond acceptors (Lipinski definition) is 3. The predicted molar refractivity (Wildman–Crippen MR) is 150 cm³/mol. The number of hydrogen-bond donors (Lipinski definition) is 1. The molecule has 10 heteroatoms. The molecule has 1 atom stereocenters. The quantitative estimate of drug-likeness (QED) is 0.112. The molecule has 5 aromatic rings. The Kier molecular flexibility index (Phi) is 8.06. The van der Waals surface area contributed by atoms with Gasteiger partial charge in [0.2, 0.25) is 5.91 Å². The third kappa shape index (κ3) is 6.49. The Balaban J connectivity index is 1.52. The van der Waals surface area contributed by atoms with Crippen molar-refractivity contribution in [3.8, 4) is 0 Å². The van der Waals surface area contributed by atoms with E-state index in [2.05, 4.69) is 5.32 Å². The zero-order valence-corrected chi connectivity index (χ0v) is 22.1. The van der Waals surface area contributed by atoms with Crippen LogP contribution in [0.25, 0.3) is 10.9 Å². The van der Waals surface area contributed by atoms with E-state index in [1.54, 1.807) is 12.1 Å². The number of alkyl halides is 3. The fourth-order valence-corrected chi connectivity index (χ4v) is 5.06. The number of carbonyl (C=O) groups excluding carboxylic acids is 1. The summed E-state index contributed by atoms with van der Waals surface area (Å²) in [6, 6.07) is 24.5. The van der Waals surface area contributed by atoms with Crippen LogP contribution < -0.4 is 5.32 Å². The minimum Gasteiger partial charge on any atom is -0.352 e. The Morgan fingerprint density at radius 3 is 2.36 bits per heavy atom. The van der Waals surface area contributed by atoms with Crippen LogP contribution in [0, 0.1) is 15.9 Å². The molecule has 0 saturated heterocycles. The number of amides is 1. The van der Waals surface area contributed by atoms with E-state index >= 15 is 0 Å². The van der Waals surface area contributed by atoms with Gasteiger partial charge in [-0.05, 0) is 52.6 Å². The van der Waals surface area contributed by atoms with E-state index in [4.69, 9.17) is 0 Å². The molecular formula is C32H25F4N3O3. The van der Waals surface area contributed by atoms with E-state index in [1.165, 1.54) is 42.5 Å². The summed E-state index contributed by atoms with van der Waals surface area (Å²) < 4.78 is 55.7. The van der Waals surface area contributed by atoms with E-state index in [9.17, 15) is 32.5 Å². The van der Waals surface area contributed by atoms with Crippen LogP contribution in [0.1, 0.15) is 40.2 Å². The number of nitro groups is 1. The number of non-ortho nitro benzene ring substituents is 1. The van der Waals surface area contributed by atoms with Gasteiger partial charge in [-0.2, -0.15) is 13.2 Å². The minimum absolute atomic E-state index is 0.131. The van der Waals surface area contributed by atoms with E-state index < -0.39 is 34.3 Å². The average Bonchev–Trinajstić information content (AvgIpc) is 3.32. The lowest BCUT2D eigenvalue weighted by Crippen LogP contribution is -2.25. The zero-order valence-electron chi connectivity index (χ0n) is 22.1. The molecule has 1 aromatic heterocycles. The van der Waals surface area contributed by atoms with Crippen molar-refractivity contribution in [3.63, 3.8) is 0 Å². The number of benzene rings is 4. The van der Waals surface area contributed by atoms with Gasteiger partial charge in [-0.3, -0.25) is 14.9 Å². The smallest absolute Gasteiger partial charge is 0.352 e. The molecule has 4 aromatic carbocycles. The molecule has 0 spiro atoms. The fraction of sp³-hybridized carbons (Fsp3) is 0.156. The summed E-state index contributed by atoms with van der Waals surface area (Å²) in [5.74, 6) is -1.69. The Morgan fingerprint density at radius 1 is 0.905 bits per heavy atom. The molecule has 42 heavy (non-hydrogen) atoms. The molecule has 5 rings (SSSR count). The summed E-state index contributed by atoms with van der Waals surface area (Å²) in [7, 11) is 0. The molecule has 0 radical (unpaired) electrons. The largest absolute Gasteiger partial charge is 0.416 e. The summed E-state index contributed by atoms with van der Waals surface area (Å²) in [6.45, 7) is 0.312. The molecule has 0 bridgehead atoms. The number of rotatable bonds is 9. The fourth-order valence-electron chi connectivity index (χ4n) is 5.06. The first-order valence-corrected chi connectivity index (χ1v) is 13.1. The second-order valence-corrected chi connectivity index (χ2v) is 9.94. The normalized spacial score (nSPS) is 12.3. The monoisotopic (exact) mass is 575 g/mol. The van der Waals surface area contributed by atoms with Crippen molar-refractivity contribution >= 4 is 22.5 Å². The van der Waals surface area contributed by atoms with Crippen LogP contribution in [0.15, 0.2) is 103 Å². The van der Waals surface area contributed by atoms with E-state index in [0.29, 0.717) is 28.6 Å². The molecule has 0 aliphatic carbocycles. The highest BCUT2D eigenvalue weighted by atomic mass is 19.4. The Bertz CT molecular complexity index is 1750. The molecule has 214 valence electrons. The van der Waals surface area contributed by atoms with E-state index in [0.717, 1.165) is 17.7 Å². The van der Waals surface area contributed by atoms with Gasteiger partial charge in [0.15, 0.2) is 0 Å².